The van der Waals surface area contributed by atoms with Gasteiger partial charge in [0.05, 0.1) is 28.5 Å². The number of aromatic carboxylic acids is 1. The van der Waals surface area contributed by atoms with Crippen LogP contribution in [0.1, 0.15) is 83.1 Å². The number of rotatable bonds is 8. The number of nitrogens with zero attached hydrogens (tertiary/aromatic N) is 2. The molecule has 0 aliphatic heterocycles. The Balaban J connectivity index is 1.17. The predicted molar refractivity (Wildman–Crippen MR) is 136 cm³/mol. The second-order valence-corrected chi connectivity index (χ2v) is 11.1. The minimum absolute atomic E-state index is 0.0848. The van der Waals surface area contributed by atoms with Crippen LogP contribution in [0, 0.1) is 0 Å². The molecule has 2 aliphatic carbocycles. The van der Waals surface area contributed by atoms with Crippen molar-refractivity contribution in [3.8, 4) is 11.3 Å². The molecular formula is C28H26F2N2O5S. The Morgan fingerprint density at radius 1 is 1.16 bits per heavy atom. The van der Waals surface area contributed by atoms with Gasteiger partial charge in [0.1, 0.15) is 22.1 Å². The number of carboxylic acids is 1. The van der Waals surface area contributed by atoms with Crippen LogP contribution in [0.4, 0.5) is 8.78 Å². The van der Waals surface area contributed by atoms with Crippen molar-refractivity contribution in [2.75, 3.05) is 0 Å². The molecule has 0 bridgehead atoms. The molecule has 0 unspecified atom stereocenters. The maximum Gasteiger partial charge on any atom is 0.335 e. The summed E-state index contributed by atoms with van der Waals surface area (Å²) in [6, 6.07) is 11.1. The SMILES string of the molecule is O=C(O)c1ccc2nc(C3(O)CCC(OCc4c(-c5ccccc5C(F)F)noc4C4CC4)CC3)sc2c1. The van der Waals surface area contributed by atoms with E-state index < -0.39 is 18.0 Å². The number of fused-ring (bicyclic) bond motifs is 1. The van der Waals surface area contributed by atoms with Crippen molar-refractivity contribution < 1.29 is 33.0 Å². The van der Waals surface area contributed by atoms with E-state index in [0.717, 1.165) is 23.1 Å². The lowest BCUT2D eigenvalue weighted by Crippen LogP contribution is -2.34. The molecule has 0 saturated heterocycles. The summed E-state index contributed by atoms with van der Waals surface area (Å²) in [6.07, 6.45) is 1.29. The van der Waals surface area contributed by atoms with Crippen molar-refractivity contribution >= 4 is 27.5 Å². The summed E-state index contributed by atoms with van der Waals surface area (Å²) in [6.45, 7) is 0.199. The number of halogens is 2. The Labute approximate surface area is 221 Å². The van der Waals surface area contributed by atoms with Gasteiger partial charge in [-0.1, -0.05) is 29.4 Å². The topological polar surface area (TPSA) is 106 Å². The Kier molecular flexibility index (Phi) is 6.49. The van der Waals surface area contributed by atoms with Gasteiger partial charge in [0.2, 0.25) is 0 Å². The van der Waals surface area contributed by atoms with Crippen LogP contribution in [-0.2, 0) is 16.9 Å². The van der Waals surface area contributed by atoms with Gasteiger partial charge in [-0.25, -0.2) is 18.6 Å². The van der Waals surface area contributed by atoms with Crippen molar-refractivity contribution in [2.45, 2.75) is 69.2 Å². The predicted octanol–water partition coefficient (Wildman–Crippen LogP) is 6.81. The van der Waals surface area contributed by atoms with Gasteiger partial charge >= 0.3 is 5.97 Å². The molecule has 2 heterocycles. The van der Waals surface area contributed by atoms with E-state index in [9.17, 15) is 23.8 Å². The van der Waals surface area contributed by atoms with Crippen LogP contribution in [0.3, 0.4) is 0 Å². The number of aliphatic hydroxyl groups is 1. The van der Waals surface area contributed by atoms with E-state index >= 15 is 0 Å². The highest BCUT2D eigenvalue weighted by molar-refractivity contribution is 7.18. The number of aromatic nitrogens is 2. The van der Waals surface area contributed by atoms with Crippen LogP contribution >= 0.6 is 11.3 Å². The highest BCUT2D eigenvalue weighted by Crippen LogP contribution is 2.46. The smallest absolute Gasteiger partial charge is 0.335 e. The fraction of sp³-hybridized carbons (Fsp3) is 0.393. The van der Waals surface area contributed by atoms with E-state index in [1.807, 2.05) is 0 Å². The summed E-state index contributed by atoms with van der Waals surface area (Å²) in [7, 11) is 0. The lowest BCUT2D eigenvalue weighted by Gasteiger charge is -2.34. The largest absolute Gasteiger partial charge is 0.478 e. The van der Waals surface area contributed by atoms with Crippen molar-refractivity contribution in [1.82, 2.24) is 10.1 Å². The summed E-state index contributed by atoms with van der Waals surface area (Å²) >= 11 is 1.31. The van der Waals surface area contributed by atoms with Gasteiger partial charge in [-0.3, -0.25) is 0 Å². The summed E-state index contributed by atoms with van der Waals surface area (Å²) in [5.41, 5.74) is 1.15. The van der Waals surface area contributed by atoms with Gasteiger partial charge in [-0.15, -0.1) is 11.3 Å². The van der Waals surface area contributed by atoms with Crippen LogP contribution in [0.5, 0.6) is 0 Å². The lowest BCUT2D eigenvalue weighted by atomic mass is 9.83. The zero-order valence-electron chi connectivity index (χ0n) is 20.4. The number of hydrogen-bond acceptors (Lipinski definition) is 7. The summed E-state index contributed by atoms with van der Waals surface area (Å²) in [5, 5.41) is 25.4. The number of carboxylic acid groups (broad SMARTS) is 1. The summed E-state index contributed by atoms with van der Waals surface area (Å²) in [5.74, 6) is -0.0472. The zero-order chi connectivity index (χ0) is 26.4. The highest BCUT2D eigenvalue weighted by Gasteiger charge is 2.39. The first-order valence-corrected chi connectivity index (χ1v) is 13.5. The molecule has 4 aromatic rings. The number of alkyl halides is 2. The quantitative estimate of drug-likeness (QED) is 0.253. The van der Waals surface area contributed by atoms with Crippen molar-refractivity contribution in [1.29, 1.82) is 0 Å². The third-order valence-electron chi connectivity index (χ3n) is 7.47. The number of ether oxygens (including phenoxy) is 1. The van der Waals surface area contributed by atoms with Crippen LogP contribution in [0.15, 0.2) is 47.0 Å². The average molecular weight is 541 g/mol. The fourth-order valence-corrected chi connectivity index (χ4v) is 6.30. The fourth-order valence-electron chi connectivity index (χ4n) is 5.15. The second kappa shape index (κ2) is 9.83. The van der Waals surface area contributed by atoms with Gasteiger partial charge in [0, 0.05) is 22.6 Å². The van der Waals surface area contributed by atoms with Crippen molar-refractivity contribution in [3.05, 3.63) is 69.9 Å². The first kappa shape index (κ1) is 25.1. The van der Waals surface area contributed by atoms with Gasteiger partial charge in [0.15, 0.2) is 0 Å². The molecule has 198 valence electrons. The van der Waals surface area contributed by atoms with Gasteiger partial charge < -0.3 is 19.5 Å². The van der Waals surface area contributed by atoms with Gasteiger partial charge in [-0.2, -0.15) is 0 Å². The number of benzene rings is 2. The summed E-state index contributed by atoms with van der Waals surface area (Å²) < 4.78 is 40.0. The Morgan fingerprint density at radius 2 is 1.92 bits per heavy atom. The second-order valence-electron chi connectivity index (χ2n) is 10.1. The maximum absolute atomic E-state index is 13.7. The zero-order valence-corrected chi connectivity index (χ0v) is 21.2. The minimum atomic E-state index is -2.63. The first-order valence-electron chi connectivity index (χ1n) is 12.7. The Morgan fingerprint density at radius 3 is 2.63 bits per heavy atom. The van der Waals surface area contributed by atoms with E-state index in [1.54, 1.807) is 30.3 Å². The molecule has 2 fully saturated rings. The third-order valence-corrected chi connectivity index (χ3v) is 8.69. The minimum Gasteiger partial charge on any atom is -0.478 e. The molecule has 2 N–H and O–H groups in total. The third kappa shape index (κ3) is 4.72. The van der Waals surface area contributed by atoms with E-state index in [-0.39, 0.29) is 29.8 Å². The molecule has 10 heteroatoms. The molecule has 6 rings (SSSR count). The molecule has 2 saturated carbocycles. The Bertz CT molecular complexity index is 1490. The standard InChI is InChI=1S/C28H26F2N2O5S/c29-25(30)19-4-2-1-3-18(19)23-20(24(37-32-23)15-5-6-15)14-36-17-9-11-28(35,12-10-17)27-31-21-8-7-16(26(33)34)13-22(21)38-27/h1-4,7-8,13,15,17,25,35H,5-6,9-12,14H2,(H,33,34). The highest BCUT2D eigenvalue weighted by atomic mass is 32.1. The normalized spacial score (nSPS) is 21.8. The summed E-state index contributed by atoms with van der Waals surface area (Å²) in [4.78, 5) is 15.9. The van der Waals surface area contributed by atoms with Gasteiger partial charge in [-0.05, 0) is 56.7 Å². The molecule has 0 spiro atoms. The molecule has 0 amide bonds. The van der Waals surface area contributed by atoms with Crippen LogP contribution in [0.2, 0.25) is 0 Å². The Hall–Kier alpha value is -3.21. The van der Waals surface area contributed by atoms with Crippen LogP contribution in [0.25, 0.3) is 21.5 Å². The number of thiazole rings is 1. The van der Waals surface area contributed by atoms with Crippen molar-refractivity contribution in [2.24, 2.45) is 0 Å². The maximum atomic E-state index is 13.7. The number of carbonyl (C=O) groups is 1. The molecule has 2 aromatic heterocycles. The van der Waals surface area contributed by atoms with Crippen LogP contribution < -0.4 is 0 Å². The molecular weight excluding hydrogens is 514 g/mol. The van der Waals surface area contributed by atoms with Crippen molar-refractivity contribution in [3.63, 3.8) is 0 Å². The average Bonchev–Trinajstić information content (AvgIpc) is 3.51. The molecule has 0 radical (unpaired) electrons. The van der Waals surface area contributed by atoms with Gasteiger partial charge in [0.25, 0.3) is 6.43 Å². The molecule has 7 nitrogen and oxygen atoms in total. The van der Waals surface area contributed by atoms with Crippen LogP contribution in [-0.4, -0.2) is 32.4 Å². The van der Waals surface area contributed by atoms with E-state index in [2.05, 4.69) is 10.1 Å². The lowest BCUT2D eigenvalue weighted by molar-refractivity contribution is -0.0640. The molecule has 38 heavy (non-hydrogen) atoms. The molecule has 0 atom stereocenters. The molecule has 2 aromatic carbocycles. The van der Waals surface area contributed by atoms with E-state index in [1.165, 1.54) is 23.5 Å². The number of hydrogen-bond donors (Lipinski definition) is 2. The first-order chi connectivity index (χ1) is 18.3. The molecule has 2 aliphatic rings. The van der Waals surface area contributed by atoms with E-state index in [0.29, 0.717) is 53.2 Å². The van der Waals surface area contributed by atoms with E-state index in [4.69, 9.17) is 9.26 Å². The monoisotopic (exact) mass is 540 g/mol.